The number of aromatic nitrogens is 3. The topological polar surface area (TPSA) is 39.8 Å². The van der Waals surface area contributed by atoms with Crippen molar-refractivity contribution < 1.29 is 4.79 Å². The van der Waals surface area contributed by atoms with E-state index in [0.717, 1.165) is 28.7 Å². The van der Waals surface area contributed by atoms with Gasteiger partial charge in [-0.1, -0.05) is 48.5 Å². The number of hydrogen-bond acceptors (Lipinski definition) is 2. The second-order valence-electron chi connectivity index (χ2n) is 6.54. The second-order valence-corrected chi connectivity index (χ2v) is 6.54. The molecule has 4 nitrogen and oxygen atoms in total. The van der Waals surface area contributed by atoms with Crippen LogP contribution >= 0.6 is 0 Å². The van der Waals surface area contributed by atoms with Crippen LogP contribution in [0.5, 0.6) is 0 Å². The second kappa shape index (κ2) is 7.00. The molecule has 0 atom stereocenters. The predicted octanol–water partition coefficient (Wildman–Crippen LogP) is 4.24. The predicted molar refractivity (Wildman–Crippen MR) is 103 cm³/mol. The van der Waals surface area contributed by atoms with Crippen LogP contribution in [0.15, 0.2) is 73.2 Å². The standard InChI is InChI=1S/C22H21N3O/c1-24-16-19(18-9-5-6-10-20(18)24)21(26)11-13-25-14-12-23-22(25)15-17-7-3-2-4-8-17/h2-10,12,14,16H,11,13,15H2,1H3. The van der Waals surface area contributed by atoms with Gasteiger partial charge in [-0.2, -0.15) is 0 Å². The summed E-state index contributed by atoms with van der Waals surface area (Å²) in [5, 5.41) is 1.02. The van der Waals surface area contributed by atoms with E-state index in [4.69, 9.17) is 0 Å². The van der Waals surface area contributed by atoms with Crippen LogP contribution in [0.4, 0.5) is 0 Å². The molecule has 4 heteroatoms. The molecule has 0 bridgehead atoms. The van der Waals surface area contributed by atoms with Crippen molar-refractivity contribution in [1.82, 2.24) is 14.1 Å². The maximum absolute atomic E-state index is 12.8. The zero-order valence-corrected chi connectivity index (χ0v) is 14.8. The highest BCUT2D eigenvalue weighted by Gasteiger charge is 2.14. The molecule has 0 amide bonds. The average Bonchev–Trinajstić information content (AvgIpc) is 3.25. The Labute approximate surface area is 152 Å². The van der Waals surface area contributed by atoms with Crippen LogP contribution in [-0.2, 0) is 20.0 Å². The number of Topliss-reactive ketones (excluding diaryl/α,β-unsaturated/α-hetero) is 1. The Morgan fingerprint density at radius 1 is 1.04 bits per heavy atom. The molecule has 0 spiro atoms. The van der Waals surface area contributed by atoms with Gasteiger partial charge in [-0.3, -0.25) is 4.79 Å². The summed E-state index contributed by atoms with van der Waals surface area (Å²) in [5.74, 6) is 1.16. The zero-order chi connectivity index (χ0) is 17.9. The molecule has 2 aromatic carbocycles. The van der Waals surface area contributed by atoms with E-state index < -0.39 is 0 Å². The number of carbonyl (C=O) groups is 1. The van der Waals surface area contributed by atoms with E-state index in [1.165, 1.54) is 5.56 Å². The number of rotatable bonds is 6. The van der Waals surface area contributed by atoms with Crippen molar-refractivity contribution in [3.8, 4) is 0 Å². The lowest BCUT2D eigenvalue weighted by molar-refractivity contribution is 0.0978. The number of para-hydroxylation sites is 1. The van der Waals surface area contributed by atoms with Gasteiger partial charge in [-0.15, -0.1) is 0 Å². The fourth-order valence-corrected chi connectivity index (χ4v) is 3.41. The number of hydrogen-bond donors (Lipinski definition) is 0. The monoisotopic (exact) mass is 343 g/mol. The van der Waals surface area contributed by atoms with Crippen molar-refractivity contribution in [3.63, 3.8) is 0 Å². The minimum Gasteiger partial charge on any atom is -0.350 e. The SMILES string of the molecule is Cn1cc(C(=O)CCn2ccnc2Cc2ccccc2)c2ccccc21. The van der Waals surface area contributed by atoms with Crippen molar-refractivity contribution in [2.75, 3.05) is 0 Å². The van der Waals surface area contributed by atoms with Crippen LogP contribution in [-0.4, -0.2) is 19.9 Å². The van der Waals surface area contributed by atoms with Crippen molar-refractivity contribution in [2.45, 2.75) is 19.4 Å². The molecular formula is C22H21N3O. The molecule has 26 heavy (non-hydrogen) atoms. The van der Waals surface area contributed by atoms with Gasteiger partial charge in [0.25, 0.3) is 0 Å². The fourth-order valence-electron chi connectivity index (χ4n) is 3.41. The van der Waals surface area contributed by atoms with Gasteiger partial charge >= 0.3 is 0 Å². The van der Waals surface area contributed by atoms with E-state index in [1.54, 1.807) is 6.20 Å². The molecule has 0 aliphatic rings. The molecule has 2 aromatic heterocycles. The quantitative estimate of drug-likeness (QED) is 0.491. The van der Waals surface area contributed by atoms with Gasteiger partial charge < -0.3 is 9.13 Å². The van der Waals surface area contributed by atoms with Crippen LogP contribution in [0.1, 0.15) is 28.2 Å². The van der Waals surface area contributed by atoms with Crippen LogP contribution in [0.25, 0.3) is 10.9 Å². The largest absolute Gasteiger partial charge is 0.350 e. The number of aryl methyl sites for hydroxylation is 2. The lowest BCUT2D eigenvalue weighted by Gasteiger charge is -2.07. The first-order valence-electron chi connectivity index (χ1n) is 8.83. The van der Waals surface area contributed by atoms with Gasteiger partial charge in [0.05, 0.1) is 0 Å². The summed E-state index contributed by atoms with van der Waals surface area (Å²) in [4.78, 5) is 17.3. The Kier molecular flexibility index (Phi) is 4.40. The third-order valence-electron chi connectivity index (χ3n) is 4.78. The van der Waals surface area contributed by atoms with Gasteiger partial charge in [-0.25, -0.2) is 4.98 Å². The highest BCUT2D eigenvalue weighted by atomic mass is 16.1. The van der Waals surface area contributed by atoms with E-state index >= 15 is 0 Å². The summed E-state index contributed by atoms with van der Waals surface area (Å²) in [7, 11) is 1.98. The molecule has 0 radical (unpaired) electrons. The van der Waals surface area contributed by atoms with Crippen LogP contribution < -0.4 is 0 Å². The Bertz CT molecular complexity index is 1040. The van der Waals surface area contributed by atoms with Gasteiger partial charge in [0.15, 0.2) is 5.78 Å². The number of benzene rings is 2. The lowest BCUT2D eigenvalue weighted by Crippen LogP contribution is -2.09. The number of imidazole rings is 1. The molecule has 2 heterocycles. The first-order chi connectivity index (χ1) is 12.7. The van der Waals surface area contributed by atoms with Crippen LogP contribution in [0.2, 0.25) is 0 Å². The molecule has 4 rings (SSSR count). The number of carbonyl (C=O) groups excluding carboxylic acids is 1. The third-order valence-corrected chi connectivity index (χ3v) is 4.78. The molecule has 0 saturated carbocycles. The zero-order valence-electron chi connectivity index (χ0n) is 14.8. The minimum atomic E-state index is 0.168. The van der Waals surface area contributed by atoms with Gasteiger partial charge in [0.1, 0.15) is 5.82 Å². The Morgan fingerprint density at radius 2 is 1.81 bits per heavy atom. The highest BCUT2D eigenvalue weighted by molar-refractivity contribution is 6.08. The van der Waals surface area contributed by atoms with Crippen molar-refractivity contribution in [1.29, 1.82) is 0 Å². The maximum atomic E-state index is 12.8. The van der Waals surface area contributed by atoms with Crippen molar-refractivity contribution in [2.24, 2.45) is 7.05 Å². The molecule has 130 valence electrons. The molecule has 0 N–H and O–H groups in total. The maximum Gasteiger partial charge on any atom is 0.166 e. The molecule has 0 fully saturated rings. The number of nitrogens with zero attached hydrogens (tertiary/aromatic N) is 3. The van der Waals surface area contributed by atoms with Crippen molar-refractivity contribution in [3.05, 3.63) is 90.1 Å². The first kappa shape index (κ1) is 16.3. The van der Waals surface area contributed by atoms with Gasteiger partial charge in [-0.05, 0) is 11.6 Å². The number of fused-ring (bicyclic) bond motifs is 1. The van der Waals surface area contributed by atoms with Gasteiger partial charge in [0, 0.05) is 61.5 Å². The highest BCUT2D eigenvalue weighted by Crippen LogP contribution is 2.22. The van der Waals surface area contributed by atoms with Gasteiger partial charge in [0.2, 0.25) is 0 Å². The van der Waals surface area contributed by atoms with Crippen LogP contribution in [0, 0.1) is 0 Å². The lowest BCUT2D eigenvalue weighted by atomic mass is 10.1. The molecule has 0 aliphatic heterocycles. The Morgan fingerprint density at radius 3 is 2.65 bits per heavy atom. The molecular weight excluding hydrogens is 322 g/mol. The molecule has 0 saturated heterocycles. The summed E-state index contributed by atoms with van der Waals surface area (Å²) in [6.45, 7) is 0.643. The average molecular weight is 343 g/mol. The summed E-state index contributed by atoms with van der Waals surface area (Å²) in [6.07, 6.45) is 6.93. The minimum absolute atomic E-state index is 0.168. The summed E-state index contributed by atoms with van der Waals surface area (Å²) < 4.78 is 4.09. The normalized spacial score (nSPS) is 11.1. The Hall–Kier alpha value is -3.14. The van der Waals surface area contributed by atoms with Crippen LogP contribution in [0.3, 0.4) is 0 Å². The van der Waals surface area contributed by atoms with E-state index in [-0.39, 0.29) is 5.78 Å². The Balaban J connectivity index is 1.49. The number of ketones is 1. The third kappa shape index (κ3) is 3.18. The van der Waals surface area contributed by atoms with E-state index in [9.17, 15) is 4.79 Å². The summed E-state index contributed by atoms with van der Waals surface area (Å²) in [6, 6.07) is 18.3. The molecule has 0 aliphatic carbocycles. The fraction of sp³-hybridized carbons (Fsp3) is 0.182. The molecule has 0 unspecified atom stereocenters. The van der Waals surface area contributed by atoms with E-state index in [2.05, 4.69) is 21.7 Å². The van der Waals surface area contributed by atoms with E-state index in [1.807, 2.05) is 66.5 Å². The summed E-state index contributed by atoms with van der Waals surface area (Å²) >= 11 is 0. The first-order valence-corrected chi connectivity index (χ1v) is 8.83. The smallest absolute Gasteiger partial charge is 0.166 e. The van der Waals surface area contributed by atoms with Crippen molar-refractivity contribution >= 4 is 16.7 Å². The summed E-state index contributed by atoms with van der Waals surface area (Å²) in [5.41, 5.74) is 3.11. The molecule has 4 aromatic rings. The van der Waals surface area contributed by atoms with E-state index in [0.29, 0.717) is 13.0 Å².